The van der Waals surface area contributed by atoms with Gasteiger partial charge in [0.15, 0.2) is 5.65 Å². The first-order valence-electron chi connectivity index (χ1n) is 9.85. The molecule has 3 aromatic heterocycles. The van der Waals surface area contributed by atoms with Crippen molar-refractivity contribution < 1.29 is 0 Å². The summed E-state index contributed by atoms with van der Waals surface area (Å²) in [5, 5.41) is 0.552. The van der Waals surface area contributed by atoms with Crippen LogP contribution in [0.15, 0.2) is 46.2 Å². The van der Waals surface area contributed by atoms with E-state index < -0.39 is 0 Å². The Morgan fingerprint density at radius 1 is 1.17 bits per heavy atom. The van der Waals surface area contributed by atoms with Crippen molar-refractivity contribution in [2.75, 3.05) is 5.73 Å². The summed E-state index contributed by atoms with van der Waals surface area (Å²) in [6.45, 7) is 2.62. The third-order valence-corrected chi connectivity index (χ3v) is 5.43. The minimum Gasteiger partial charge on any atom is -0.399 e. The molecule has 0 saturated carbocycles. The van der Waals surface area contributed by atoms with E-state index in [2.05, 4.69) is 15.0 Å². The van der Waals surface area contributed by atoms with E-state index in [9.17, 15) is 9.59 Å². The number of nitrogens with zero attached hydrogens (tertiary/aromatic N) is 3. The first kappa shape index (κ1) is 20.0. The summed E-state index contributed by atoms with van der Waals surface area (Å²) in [5.41, 5.74) is 8.27. The van der Waals surface area contributed by atoms with Gasteiger partial charge in [0.1, 0.15) is 11.3 Å². The number of nitrogens with one attached hydrogen (secondary N) is 2. The van der Waals surface area contributed by atoms with Gasteiger partial charge in [-0.05, 0) is 42.2 Å². The summed E-state index contributed by atoms with van der Waals surface area (Å²) < 4.78 is 2.82. The van der Waals surface area contributed by atoms with Gasteiger partial charge in [-0.1, -0.05) is 24.6 Å². The Bertz CT molecular complexity index is 1300. The second-order valence-corrected chi connectivity index (χ2v) is 7.68. The van der Waals surface area contributed by atoms with Crippen molar-refractivity contribution in [1.29, 1.82) is 0 Å². The molecule has 0 unspecified atom stereocenters. The van der Waals surface area contributed by atoms with Crippen LogP contribution in [0, 0.1) is 0 Å². The number of aromatic nitrogens is 5. The van der Waals surface area contributed by atoms with Gasteiger partial charge in [-0.25, -0.2) is 9.78 Å². The van der Waals surface area contributed by atoms with Gasteiger partial charge in [0.25, 0.3) is 5.56 Å². The monoisotopic (exact) mass is 426 g/mol. The summed E-state index contributed by atoms with van der Waals surface area (Å²) >= 11 is 6.30. The molecule has 3 heterocycles. The molecule has 4 N–H and O–H groups in total. The van der Waals surface area contributed by atoms with E-state index in [-0.39, 0.29) is 11.2 Å². The molecule has 0 aliphatic carbocycles. The number of nitrogen functional groups attached to an aromatic ring is 1. The number of fused-ring (bicyclic) bond motifs is 1. The van der Waals surface area contributed by atoms with E-state index in [0.717, 1.165) is 11.1 Å². The molecule has 4 rings (SSSR count). The number of nitrogens with two attached hydrogens (primary N) is 1. The maximum Gasteiger partial charge on any atom is 0.332 e. The molecule has 156 valence electrons. The molecule has 0 aliphatic heterocycles. The fourth-order valence-corrected chi connectivity index (χ4v) is 3.86. The Balaban J connectivity index is 1.78. The van der Waals surface area contributed by atoms with Crippen LogP contribution in [-0.4, -0.2) is 24.1 Å². The average Bonchev–Trinajstić information content (AvgIpc) is 3.37. The number of halogens is 1. The zero-order valence-electron chi connectivity index (χ0n) is 16.6. The maximum atomic E-state index is 13.1. The van der Waals surface area contributed by atoms with E-state index in [0.29, 0.717) is 60.1 Å². The van der Waals surface area contributed by atoms with E-state index in [1.807, 2.05) is 31.5 Å². The molecular formula is C21H23ClN6O2. The lowest BCUT2D eigenvalue weighted by atomic mass is 10.1. The second kappa shape index (κ2) is 8.23. The number of aromatic amines is 2. The number of hydrogen-bond acceptors (Lipinski definition) is 4. The van der Waals surface area contributed by atoms with Crippen LogP contribution in [0.1, 0.15) is 30.3 Å². The zero-order valence-corrected chi connectivity index (χ0v) is 17.4. The van der Waals surface area contributed by atoms with Crippen molar-refractivity contribution in [3.63, 3.8) is 0 Å². The van der Waals surface area contributed by atoms with Crippen molar-refractivity contribution >= 4 is 28.5 Å². The largest absolute Gasteiger partial charge is 0.399 e. The molecular weight excluding hydrogens is 404 g/mol. The SMILES string of the molecule is CCCn1c(=O)c2[nH]c(Cc3cc[nH]c3)nc2n(CCc2ccc(N)cc2Cl)c1=O. The fraction of sp³-hybridized carbons (Fsp3) is 0.286. The summed E-state index contributed by atoms with van der Waals surface area (Å²) in [5.74, 6) is 0.634. The molecule has 8 nitrogen and oxygen atoms in total. The molecule has 30 heavy (non-hydrogen) atoms. The van der Waals surface area contributed by atoms with Crippen molar-refractivity contribution in [3.05, 3.63) is 79.5 Å². The summed E-state index contributed by atoms with van der Waals surface area (Å²) in [7, 11) is 0. The number of imidazole rings is 1. The predicted molar refractivity (Wildman–Crippen MR) is 118 cm³/mol. The lowest BCUT2D eigenvalue weighted by Gasteiger charge is -2.11. The van der Waals surface area contributed by atoms with Gasteiger partial charge >= 0.3 is 5.69 Å². The Labute approximate surface area is 177 Å². The molecule has 0 aliphatic rings. The van der Waals surface area contributed by atoms with E-state index >= 15 is 0 Å². The van der Waals surface area contributed by atoms with Crippen LogP contribution in [0.5, 0.6) is 0 Å². The summed E-state index contributed by atoms with van der Waals surface area (Å²) in [6.07, 6.45) is 5.42. The average molecular weight is 427 g/mol. The van der Waals surface area contributed by atoms with Crippen LogP contribution >= 0.6 is 11.6 Å². The highest BCUT2D eigenvalue weighted by molar-refractivity contribution is 6.31. The second-order valence-electron chi connectivity index (χ2n) is 7.27. The van der Waals surface area contributed by atoms with Gasteiger partial charge in [-0.2, -0.15) is 0 Å². The zero-order chi connectivity index (χ0) is 21.3. The van der Waals surface area contributed by atoms with Gasteiger partial charge in [0, 0.05) is 42.6 Å². The van der Waals surface area contributed by atoms with Gasteiger partial charge in [0.05, 0.1) is 0 Å². The van der Waals surface area contributed by atoms with Crippen LogP contribution in [-0.2, 0) is 25.9 Å². The van der Waals surface area contributed by atoms with Crippen molar-refractivity contribution in [2.45, 2.75) is 39.3 Å². The molecule has 0 saturated heterocycles. The normalized spacial score (nSPS) is 11.4. The Kier molecular flexibility index (Phi) is 5.50. The predicted octanol–water partition coefficient (Wildman–Crippen LogP) is 2.69. The minimum absolute atomic E-state index is 0.341. The van der Waals surface area contributed by atoms with E-state index in [4.69, 9.17) is 17.3 Å². The quantitative estimate of drug-likeness (QED) is 0.394. The van der Waals surface area contributed by atoms with Crippen LogP contribution < -0.4 is 17.0 Å². The molecule has 0 radical (unpaired) electrons. The number of rotatable bonds is 7. The number of H-pyrrole nitrogens is 2. The van der Waals surface area contributed by atoms with Crippen molar-refractivity contribution in [2.24, 2.45) is 0 Å². The molecule has 0 bridgehead atoms. The molecule has 1 aromatic carbocycles. The standard InChI is InChI=1S/C21H23ClN6O2/c1-2-8-28-20(29)18-19(26-17(25-18)10-13-5-7-24-12-13)27(21(28)30)9-6-14-3-4-15(23)11-16(14)22/h3-5,7,11-12,24H,2,6,8-10,23H2,1H3,(H,25,26). The summed E-state index contributed by atoms with van der Waals surface area (Å²) in [4.78, 5) is 36.7. The molecule has 0 spiro atoms. The molecule has 0 fully saturated rings. The van der Waals surface area contributed by atoms with Gasteiger partial charge in [-0.15, -0.1) is 0 Å². The topological polar surface area (TPSA) is 114 Å². The van der Waals surface area contributed by atoms with Crippen molar-refractivity contribution in [3.8, 4) is 0 Å². The molecule has 4 aromatic rings. The van der Waals surface area contributed by atoms with Gasteiger partial charge in [-0.3, -0.25) is 13.9 Å². The highest BCUT2D eigenvalue weighted by atomic mass is 35.5. The number of hydrogen-bond donors (Lipinski definition) is 3. The van der Waals surface area contributed by atoms with Gasteiger partial charge < -0.3 is 15.7 Å². The van der Waals surface area contributed by atoms with Crippen LogP contribution in [0.25, 0.3) is 11.2 Å². The lowest BCUT2D eigenvalue weighted by molar-refractivity contribution is 0.559. The smallest absolute Gasteiger partial charge is 0.332 e. The first-order chi connectivity index (χ1) is 14.5. The highest BCUT2D eigenvalue weighted by Gasteiger charge is 2.17. The first-order valence-corrected chi connectivity index (χ1v) is 10.2. The highest BCUT2D eigenvalue weighted by Crippen LogP contribution is 2.20. The van der Waals surface area contributed by atoms with Crippen LogP contribution in [0.3, 0.4) is 0 Å². The Hall–Kier alpha value is -3.26. The Morgan fingerprint density at radius 2 is 2.00 bits per heavy atom. The minimum atomic E-state index is -0.361. The number of aryl methyl sites for hydroxylation is 2. The van der Waals surface area contributed by atoms with Gasteiger partial charge in [0.2, 0.25) is 0 Å². The third kappa shape index (κ3) is 3.78. The van der Waals surface area contributed by atoms with Crippen molar-refractivity contribution in [1.82, 2.24) is 24.1 Å². The third-order valence-electron chi connectivity index (χ3n) is 5.07. The molecule has 0 amide bonds. The summed E-state index contributed by atoms with van der Waals surface area (Å²) in [6, 6.07) is 7.26. The number of benzene rings is 1. The maximum absolute atomic E-state index is 13.1. The molecule has 0 atom stereocenters. The lowest BCUT2D eigenvalue weighted by Crippen LogP contribution is -2.40. The van der Waals surface area contributed by atoms with E-state index in [1.54, 1.807) is 16.7 Å². The number of anilines is 1. The molecule has 9 heteroatoms. The van der Waals surface area contributed by atoms with Crippen LogP contribution in [0.4, 0.5) is 5.69 Å². The Morgan fingerprint density at radius 3 is 2.70 bits per heavy atom. The fourth-order valence-electron chi connectivity index (χ4n) is 3.58. The van der Waals surface area contributed by atoms with E-state index in [1.165, 1.54) is 4.57 Å². The van der Waals surface area contributed by atoms with Crippen LogP contribution in [0.2, 0.25) is 5.02 Å².